The number of rotatable bonds is 7. The van der Waals surface area contributed by atoms with Gasteiger partial charge in [-0.3, -0.25) is 9.59 Å². The number of piperazine rings is 1. The van der Waals surface area contributed by atoms with E-state index in [0.29, 0.717) is 36.0 Å². The van der Waals surface area contributed by atoms with Gasteiger partial charge in [-0.15, -0.1) is 0 Å². The Morgan fingerprint density at radius 1 is 1.10 bits per heavy atom. The first-order chi connectivity index (χ1) is 14.1. The summed E-state index contributed by atoms with van der Waals surface area (Å²) in [6.07, 6.45) is 1.65. The second-order valence-electron chi connectivity index (χ2n) is 6.65. The fourth-order valence-corrected chi connectivity index (χ4v) is 3.30. The lowest BCUT2D eigenvalue weighted by Gasteiger charge is -2.36. The van der Waals surface area contributed by atoms with Crippen molar-refractivity contribution in [3.8, 4) is 5.75 Å². The van der Waals surface area contributed by atoms with Crippen LogP contribution in [-0.2, 0) is 4.79 Å². The van der Waals surface area contributed by atoms with Gasteiger partial charge in [0.15, 0.2) is 0 Å². The summed E-state index contributed by atoms with van der Waals surface area (Å²) in [7, 11) is 0. The van der Waals surface area contributed by atoms with Crippen LogP contribution in [0.15, 0.2) is 61.2 Å². The van der Waals surface area contributed by atoms with Gasteiger partial charge < -0.3 is 19.9 Å². The van der Waals surface area contributed by atoms with Gasteiger partial charge in [0.25, 0.3) is 5.91 Å². The van der Waals surface area contributed by atoms with Crippen LogP contribution in [0.3, 0.4) is 0 Å². The van der Waals surface area contributed by atoms with Crippen molar-refractivity contribution < 1.29 is 14.3 Å². The maximum atomic E-state index is 12.4. The number of hydrogen-bond donors (Lipinski definition) is 1. The zero-order chi connectivity index (χ0) is 20.6. The van der Waals surface area contributed by atoms with Crippen molar-refractivity contribution in [2.24, 2.45) is 0 Å². The number of halogens is 1. The van der Waals surface area contributed by atoms with E-state index in [4.69, 9.17) is 16.3 Å². The van der Waals surface area contributed by atoms with Gasteiger partial charge in [-0.1, -0.05) is 30.3 Å². The second-order valence-corrected chi connectivity index (χ2v) is 7.09. The van der Waals surface area contributed by atoms with Crippen LogP contribution < -0.4 is 15.0 Å². The molecule has 0 aliphatic carbocycles. The lowest BCUT2D eigenvalue weighted by atomic mass is 10.2. The van der Waals surface area contributed by atoms with Crippen LogP contribution >= 0.6 is 11.6 Å². The molecule has 29 heavy (non-hydrogen) atoms. The number of amides is 2. The van der Waals surface area contributed by atoms with E-state index in [9.17, 15) is 9.59 Å². The summed E-state index contributed by atoms with van der Waals surface area (Å²) in [5.74, 6) is 0.288. The van der Waals surface area contributed by atoms with Crippen LogP contribution in [0.25, 0.3) is 0 Å². The van der Waals surface area contributed by atoms with Crippen molar-refractivity contribution in [3.63, 3.8) is 0 Å². The summed E-state index contributed by atoms with van der Waals surface area (Å²) in [5, 5.41) is 3.39. The molecule has 7 heteroatoms. The Balaban J connectivity index is 1.45. The molecule has 2 aromatic carbocycles. The van der Waals surface area contributed by atoms with Crippen LogP contribution in [0.4, 0.5) is 5.69 Å². The monoisotopic (exact) mass is 413 g/mol. The van der Waals surface area contributed by atoms with Crippen LogP contribution in [-0.4, -0.2) is 56.0 Å². The van der Waals surface area contributed by atoms with Gasteiger partial charge in [-0.2, -0.15) is 0 Å². The Morgan fingerprint density at radius 3 is 2.48 bits per heavy atom. The van der Waals surface area contributed by atoms with Crippen molar-refractivity contribution in [2.45, 2.75) is 0 Å². The fraction of sp³-hybridized carbons (Fsp3) is 0.273. The summed E-state index contributed by atoms with van der Waals surface area (Å²) in [4.78, 5) is 28.7. The topological polar surface area (TPSA) is 61.9 Å². The van der Waals surface area contributed by atoms with E-state index in [0.717, 1.165) is 18.8 Å². The number of benzene rings is 2. The summed E-state index contributed by atoms with van der Waals surface area (Å²) in [6, 6.07) is 14.5. The van der Waals surface area contributed by atoms with Gasteiger partial charge in [0.2, 0.25) is 5.91 Å². The van der Waals surface area contributed by atoms with E-state index in [2.05, 4.69) is 16.8 Å². The molecule has 0 spiro atoms. The Morgan fingerprint density at radius 2 is 1.83 bits per heavy atom. The summed E-state index contributed by atoms with van der Waals surface area (Å²) < 4.78 is 5.39. The first-order valence-electron chi connectivity index (χ1n) is 9.47. The molecule has 152 valence electrons. The molecule has 2 aromatic rings. The number of carbonyl (C=O) groups excluding carboxylic acids is 2. The van der Waals surface area contributed by atoms with Crippen LogP contribution in [0, 0.1) is 0 Å². The largest absolute Gasteiger partial charge is 0.490 e. The lowest BCUT2D eigenvalue weighted by Crippen LogP contribution is -2.51. The predicted octanol–water partition coefficient (Wildman–Crippen LogP) is 2.98. The molecule has 1 aliphatic heterocycles. The molecule has 3 rings (SSSR count). The van der Waals surface area contributed by atoms with Gasteiger partial charge >= 0.3 is 0 Å². The normalized spacial score (nSPS) is 13.7. The highest BCUT2D eigenvalue weighted by Crippen LogP contribution is 2.20. The number of nitrogens with zero attached hydrogens (tertiary/aromatic N) is 2. The van der Waals surface area contributed by atoms with E-state index in [1.54, 1.807) is 35.2 Å². The average Bonchev–Trinajstić information content (AvgIpc) is 2.76. The molecule has 0 radical (unpaired) electrons. The van der Waals surface area contributed by atoms with Gasteiger partial charge in [-0.05, 0) is 42.5 Å². The van der Waals surface area contributed by atoms with E-state index < -0.39 is 0 Å². The molecular weight excluding hydrogens is 390 g/mol. The van der Waals surface area contributed by atoms with Gasteiger partial charge in [-0.25, -0.2) is 0 Å². The minimum atomic E-state index is -0.286. The molecule has 0 aromatic heterocycles. The first-order valence-corrected chi connectivity index (χ1v) is 9.85. The van der Waals surface area contributed by atoms with Crippen molar-refractivity contribution in [1.82, 2.24) is 10.2 Å². The van der Waals surface area contributed by atoms with Crippen molar-refractivity contribution in [1.29, 1.82) is 0 Å². The third kappa shape index (κ3) is 5.74. The van der Waals surface area contributed by atoms with Crippen molar-refractivity contribution in [3.05, 3.63) is 71.8 Å². The standard InChI is InChI=1S/C22H24ClN3O3/c1-2-14-29-20-8-6-17(7-9-20)22(28)24-16-21(27)26-12-10-25(11-13-26)19-5-3-4-18(23)15-19/h2-9,15H,1,10-14,16H2,(H,24,28). The molecule has 1 saturated heterocycles. The smallest absolute Gasteiger partial charge is 0.251 e. The highest BCUT2D eigenvalue weighted by Gasteiger charge is 2.21. The fourth-order valence-electron chi connectivity index (χ4n) is 3.11. The van der Waals surface area contributed by atoms with E-state index in [1.165, 1.54) is 0 Å². The minimum Gasteiger partial charge on any atom is -0.490 e. The van der Waals surface area contributed by atoms with Gasteiger partial charge in [0, 0.05) is 42.5 Å². The maximum absolute atomic E-state index is 12.4. The third-order valence-electron chi connectivity index (χ3n) is 4.69. The SMILES string of the molecule is C=CCOc1ccc(C(=O)NCC(=O)N2CCN(c3cccc(Cl)c3)CC2)cc1. The Kier molecular flexibility index (Phi) is 7.14. The van der Waals surface area contributed by atoms with Gasteiger partial charge in [0.05, 0.1) is 6.54 Å². The molecule has 0 atom stereocenters. The average molecular weight is 414 g/mol. The lowest BCUT2D eigenvalue weighted by molar-refractivity contribution is -0.130. The molecule has 0 bridgehead atoms. The highest BCUT2D eigenvalue weighted by molar-refractivity contribution is 6.30. The highest BCUT2D eigenvalue weighted by atomic mass is 35.5. The molecular formula is C22H24ClN3O3. The zero-order valence-corrected chi connectivity index (χ0v) is 16.9. The number of nitrogens with one attached hydrogen (secondary N) is 1. The summed E-state index contributed by atoms with van der Waals surface area (Å²) in [5.41, 5.74) is 1.54. The first kappa shape index (κ1) is 20.7. The van der Waals surface area contributed by atoms with Crippen LogP contribution in [0.2, 0.25) is 5.02 Å². The molecule has 1 fully saturated rings. The minimum absolute atomic E-state index is 0.0231. The van der Waals surface area contributed by atoms with Crippen LogP contribution in [0.1, 0.15) is 10.4 Å². The maximum Gasteiger partial charge on any atom is 0.251 e. The number of hydrogen-bond acceptors (Lipinski definition) is 4. The van der Waals surface area contributed by atoms with E-state index in [-0.39, 0.29) is 18.4 Å². The molecule has 0 unspecified atom stereocenters. The quantitative estimate of drug-likeness (QED) is 0.709. The number of ether oxygens (including phenoxy) is 1. The van der Waals surface area contributed by atoms with Gasteiger partial charge in [0.1, 0.15) is 12.4 Å². The Bertz CT molecular complexity index is 862. The van der Waals surface area contributed by atoms with Crippen molar-refractivity contribution >= 4 is 29.1 Å². The number of anilines is 1. The molecule has 1 N–H and O–H groups in total. The molecule has 1 aliphatic rings. The Labute approximate surface area is 175 Å². The summed E-state index contributed by atoms with van der Waals surface area (Å²) >= 11 is 6.05. The molecule has 6 nitrogen and oxygen atoms in total. The molecule has 2 amide bonds. The summed E-state index contributed by atoms with van der Waals surface area (Å²) in [6.45, 7) is 6.65. The third-order valence-corrected chi connectivity index (χ3v) is 4.93. The van der Waals surface area contributed by atoms with E-state index >= 15 is 0 Å². The molecule has 1 heterocycles. The predicted molar refractivity (Wildman–Crippen MR) is 115 cm³/mol. The zero-order valence-electron chi connectivity index (χ0n) is 16.1. The molecule has 0 saturated carbocycles. The van der Waals surface area contributed by atoms with Crippen LogP contribution in [0.5, 0.6) is 5.75 Å². The van der Waals surface area contributed by atoms with Crippen molar-refractivity contribution in [2.75, 3.05) is 44.2 Å². The Hall–Kier alpha value is -2.99. The van der Waals surface area contributed by atoms with E-state index in [1.807, 2.05) is 24.3 Å². The second kappa shape index (κ2) is 9.98. The number of carbonyl (C=O) groups is 2.